The minimum absolute atomic E-state index is 0.0628. The number of carboxylic acids is 1. The van der Waals surface area contributed by atoms with Gasteiger partial charge in [-0.2, -0.15) is 0 Å². The Morgan fingerprint density at radius 3 is 2.45 bits per heavy atom. The van der Waals surface area contributed by atoms with Crippen LogP contribution in [0.15, 0.2) is 0 Å². The molecule has 0 spiro atoms. The number of carboxylic acid groups (broad SMARTS) is 1. The minimum Gasteiger partial charge on any atom is -0.480 e. The van der Waals surface area contributed by atoms with Crippen LogP contribution in [0.25, 0.3) is 0 Å². The molecule has 0 amide bonds. The molecule has 0 aromatic heterocycles. The summed E-state index contributed by atoms with van der Waals surface area (Å²) in [7, 11) is 0. The van der Waals surface area contributed by atoms with Gasteiger partial charge in [0, 0.05) is 6.42 Å². The van der Waals surface area contributed by atoms with E-state index < -0.39 is 24.2 Å². The Morgan fingerprint density at radius 2 is 2.18 bits per heavy atom. The van der Waals surface area contributed by atoms with Crippen LogP contribution in [-0.2, 0) is 14.4 Å². The molecule has 0 bridgehead atoms. The van der Waals surface area contributed by atoms with Crippen LogP contribution in [0.1, 0.15) is 6.42 Å². The van der Waals surface area contributed by atoms with Gasteiger partial charge in [0.05, 0.1) is 0 Å². The molecule has 6 heteroatoms. The van der Waals surface area contributed by atoms with Crippen LogP contribution in [0.4, 0.5) is 0 Å². The quantitative estimate of drug-likeness (QED) is 0.187. The van der Waals surface area contributed by atoms with Crippen LogP contribution in [0.2, 0.25) is 0 Å². The molecule has 0 aliphatic rings. The average Bonchev–Trinajstić information content (AvgIpc) is 1.99. The molecule has 0 aromatic rings. The van der Waals surface area contributed by atoms with Gasteiger partial charge in [0.2, 0.25) is 0 Å². The molecule has 0 heterocycles. The Bertz CT molecular complexity index is 179. The lowest BCUT2D eigenvalue weighted by Gasteiger charge is -2.06. The van der Waals surface area contributed by atoms with Crippen LogP contribution in [0, 0.1) is 0 Å². The second-order valence-corrected chi connectivity index (χ2v) is 1.85. The highest BCUT2D eigenvalue weighted by atomic mass is 16.4. The van der Waals surface area contributed by atoms with Crippen molar-refractivity contribution < 1.29 is 19.5 Å². The molecular formula is C5H8N2O4. The van der Waals surface area contributed by atoms with Gasteiger partial charge in [0.25, 0.3) is 0 Å². The van der Waals surface area contributed by atoms with Crippen LogP contribution in [-0.4, -0.2) is 29.2 Å². The van der Waals surface area contributed by atoms with Gasteiger partial charge in [-0.1, -0.05) is 0 Å². The summed E-state index contributed by atoms with van der Waals surface area (Å²) < 4.78 is 0. The zero-order chi connectivity index (χ0) is 8.85. The molecule has 0 radical (unpaired) electrons. The Morgan fingerprint density at radius 1 is 1.64 bits per heavy atom. The third-order valence-corrected chi connectivity index (χ3v) is 1.04. The molecule has 0 saturated heterocycles. The van der Waals surface area contributed by atoms with Crippen molar-refractivity contribution in [2.45, 2.75) is 12.5 Å². The van der Waals surface area contributed by atoms with E-state index in [1.165, 1.54) is 0 Å². The number of nitrogens with two attached hydrogens (primary N) is 1. The number of hydrogen-bond acceptors (Lipinski definition) is 5. The fraction of sp³-hybridized carbons (Fsp3) is 0.400. The fourth-order valence-corrected chi connectivity index (χ4v) is 0.467. The number of carbonyl (C=O) groups is 3. The predicted molar refractivity (Wildman–Crippen MR) is 34.4 cm³/mol. The Kier molecular flexibility index (Phi) is 4.01. The minimum atomic E-state index is -1.26. The second kappa shape index (κ2) is 4.53. The molecule has 0 aromatic carbocycles. The van der Waals surface area contributed by atoms with Gasteiger partial charge in [-0.25, -0.2) is 5.43 Å². The number of aliphatic carboxylic acids is 1. The number of rotatable bonds is 5. The molecule has 11 heavy (non-hydrogen) atoms. The number of aldehydes is 1. The molecule has 4 N–H and O–H groups in total. The van der Waals surface area contributed by atoms with E-state index in [0.29, 0.717) is 0 Å². The van der Waals surface area contributed by atoms with E-state index in [4.69, 9.17) is 10.9 Å². The highest BCUT2D eigenvalue weighted by Crippen LogP contribution is 1.89. The van der Waals surface area contributed by atoms with Crippen LogP contribution < -0.4 is 11.3 Å². The van der Waals surface area contributed by atoms with Crippen molar-refractivity contribution in [2.75, 3.05) is 0 Å². The first-order valence-electron chi connectivity index (χ1n) is 2.78. The highest BCUT2D eigenvalue weighted by Gasteiger charge is 2.18. The van der Waals surface area contributed by atoms with E-state index in [1.54, 1.807) is 0 Å². The molecule has 0 rings (SSSR count). The fourth-order valence-electron chi connectivity index (χ4n) is 0.467. The van der Waals surface area contributed by atoms with Gasteiger partial charge in [-0.15, -0.1) is 0 Å². The molecule has 0 saturated carbocycles. The first-order valence-corrected chi connectivity index (χ1v) is 2.78. The summed E-state index contributed by atoms with van der Waals surface area (Å²) >= 11 is 0. The molecule has 0 fully saturated rings. The first kappa shape index (κ1) is 9.73. The number of nitrogens with one attached hydrogen (secondary N) is 1. The summed E-state index contributed by atoms with van der Waals surface area (Å²) in [6, 6.07) is -1.19. The predicted octanol–water partition coefficient (Wildman–Crippen LogP) is -1.94. The third kappa shape index (κ3) is 3.43. The Hall–Kier alpha value is -1.27. The molecule has 6 nitrogen and oxygen atoms in total. The number of ketones is 1. The normalized spacial score (nSPS) is 12.1. The Labute approximate surface area is 62.3 Å². The van der Waals surface area contributed by atoms with E-state index in [0.717, 1.165) is 0 Å². The SMILES string of the molecule is NN[C@@H](CC(=O)C=O)C(=O)O. The van der Waals surface area contributed by atoms with Crippen molar-refractivity contribution >= 4 is 18.0 Å². The number of hydrazine groups is 1. The van der Waals surface area contributed by atoms with Crippen molar-refractivity contribution in [3.05, 3.63) is 0 Å². The average molecular weight is 160 g/mol. The van der Waals surface area contributed by atoms with Gasteiger partial charge in [0.15, 0.2) is 12.1 Å². The molecule has 0 aliphatic carbocycles. The van der Waals surface area contributed by atoms with Gasteiger partial charge in [-0.3, -0.25) is 20.2 Å². The molecular weight excluding hydrogens is 152 g/mol. The summed E-state index contributed by atoms with van der Waals surface area (Å²) in [6.45, 7) is 0. The zero-order valence-corrected chi connectivity index (χ0v) is 5.61. The van der Waals surface area contributed by atoms with Crippen molar-refractivity contribution in [1.82, 2.24) is 5.43 Å². The molecule has 1 atom stereocenters. The summed E-state index contributed by atoms with van der Waals surface area (Å²) in [4.78, 5) is 30.3. The lowest BCUT2D eigenvalue weighted by atomic mass is 10.1. The zero-order valence-electron chi connectivity index (χ0n) is 5.61. The standard InChI is InChI=1S/C5H8N2O4/c6-7-4(5(10)11)1-3(9)2-8/h2,4,7H,1,6H2,(H,10,11)/t4-/m0/s1. The molecule has 0 aliphatic heterocycles. The highest BCUT2D eigenvalue weighted by molar-refractivity contribution is 6.25. The largest absolute Gasteiger partial charge is 0.480 e. The third-order valence-electron chi connectivity index (χ3n) is 1.04. The topological polar surface area (TPSA) is 109 Å². The van der Waals surface area contributed by atoms with E-state index in [2.05, 4.69) is 0 Å². The molecule has 0 unspecified atom stereocenters. The maximum atomic E-state index is 10.4. The van der Waals surface area contributed by atoms with Crippen molar-refractivity contribution in [3.63, 3.8) is 0 Å². The number of carbonyl (C=O) groups excluding carboxylic acids is 2. The molecule has 62 valence electrons. The second-order valence-electron chi connectivity index (χ2n) is 1.85. The van der Waals surface area contributed by atoms with Gasteiger partial charge >= 0.3 is 5.97 Å². The number of Topliss-reactive ketones (excluding diaryl/α,β-unsaturated/α-hetero) is 1. The maximum Gasteiger partial charge on any atom is 0.322 e. The van der Waals surface area contributed by atoms with E-state index in [9.17, 15) is 14.4 Å². The van der Waals surface area contributed by atoms with Gasteiger partial charge in [-0.05, 0) is 0 Å². The smallest absolute Gasteiger partial charge is 0.322 e. The summed E-state index contributed by atoms with van der Waals surface area (Å²) in [6.07, 6.45) is -0.359. The van der Waals surface area contributed by atoms with Crippen molar-refractivity contribution in [1.29, 1.82) is 0 Å². The van der Waals surface area contributed by atoms with Crippen molar-refractivity contribution in [3.8, 4) is 0 Å². The number of hydrogen-bond donors (Lipinski definition) is 3. The summed E-state index contributed by atoms with van der Waals surface area (Å²) in [5, 5.41) is 8.31. The van der Waals surface area contributed by atoms with Crippen molar-refractivity contribution in [2.24, 2.45) is 5.84 Å². The summed E-state index contributed by atoms with van der Waals surface area (Å²) in [5.74, 6) is 2.72. The van der Waals surface area contributed by atoms with E-state index >= 15 is 0 Å². The lowest BCUT2D eigenvalue weighted by molar-refractivity contribution is -0.141. The van der Waals surface area contributed by atoms with E-state index in [-0.39, 0.29) is 6.29 Å². The first-order chi connectivity index (χ1) is 5.11. The monoisotopic (exact) mass is 160 g/mol. The summed E-state index contributed by atoms with van der Waals surface area (Å²) in [5.41, 5.74) is 1.89. The van der Waals surface area contributed by atoms with Gasteiger partial charge < -0.3 is 5.11 Å². The van der Waals surface area contributed by atoms with Crippen LogP contribution >= 0.6 is 0 Å². The Balaban J connectivity index is 3.97. The van der Waals surface area contributed by atoms with Crippen LogP contribution in [0.3, 0.4) is 0 Å². The van der Waals surface area contributed by atoms with E-state index in [1.807, 2.05) is 5.43 Å². The van der Waals surface area contributed by atoms with Gasteiger partial charge in [0.1, 0.15) is 6.04 Å². The lowest BCUT2D eigenvalue weighted by Crippen LogP contribution is -2.42. The van der Waals surface area contributed by atoms with Crippen LogP contribution in [0.5, 0.6) is 0 Å². The maximum absolute atomic E-state index is 10.4.